The highest BCUT2D eigenvalue weighted by molar-refractivity contribution is 7.98. The molecule has 2 aromatic rings. The molecule has 3 fully saturated rings. The lowest BCUT2D eigenvalue weighted by Gasteiger charge is -2.17. The van der Waals surface area contributed by atoms with Crippen LogP contribution >= 0.6 is 11.8 Å². The quantitative estimate of drug-likeness (QED) is 0.838. The van der Waals surface area contributed by atoms with E-state index in [0.717, 1.165) is 37.3 Å². The van der Waals surface area contributed by atoms with Gasteiger partial charge in [0.25, 0.3) is 0 Å². The third-order valence-electron chi connectivity index (χ3n) is 5.69. The van der Waals surface area contributed by atoms with Crippen LogP contribution in [0.15, 0.2) is 29.4 Å². The summed E-state index contributed by atoms with van der Waals surface area (Å²) >= 11 is 1.73. The molecule has 0 spiro atoms. The largest absolute Gasteiger partial charge is 0.343 e. The lowest BCUT2D eigenvalue weighted by atomic mass is 10.2. The number of rotatable bonds is 4. The highest BCUT2D eigenvalue weighted by Gasteiger charge is 2.59. The molecule has 120 valence electrons. The minimum absolute atomic E-state index is 0.224. The summed E-state index contributed by atoms with van der Waals surface area (Å²) in [7, 11) is 0. The SMILES string of the molecule is CSc1cccn2c(C3(NC(=O)[C@H]4[C@@H]5CNC[C@@H]54)CC3)ncc12. The molecule has 3 aliphatic rings. The average molecular weight is 328 g/mol. The Labute approximate surface area is 139 Å². The van der Waals surface area contributed by atoms with Crippen LogP contribution in [0.1, 0.15) is 18.7 Å². The number of carbonyl (C=O) groups excluding carboxylic acids is 1. The third-order valence-corrected chi connectivity index (χ3v) is 6.47. The predicted octanol–water partition coefficient (Wildman–Crippen LogP) is 1.63. The van der Waals surface area contributed by atoms with Crippen LogP contribution in [0, 0.1) is 17.8 Å². The van der Waals surface area contributed by atoms with E-state index in [2.05, 4.69) is 44.6 Å². The molecule has 23 heavy (non-hydrogen) atoms. The smallest absolute Gasteiger partial charge is 0.224 e. The van der Waals surface area contributed by atoms with E-state index in [1.807, 2.05) is 6.20 Å². The van der Waals surface area contributed by atoms with Gasteiger partial charge in [-0.25, -0.2) is 4.98 Å². The molecule has 1 aliphatic heterocycles. The van der Waals surface area contributed by atoms with Crippen LogP contribution in [-0.4, -0.2) is 34.6 Å². The molecule has 2 aliphatic carbocycles. The van der Waals surface area contributed by atoms with Crippen LogP contribution in [0.3, 0.4) is 0 Å². The van der Waals surface area contributed by atoms with Gasteiger partial charge in [0, 0.05) is 17.0 Å². The molecular formula is C17H20N4OS. The number of piperidine rings is 1. The Morgan fingerprint density at radius 1 is 1.43 bits per heavy atom. The zero-order valence-electron chi connectivity index (χ0n) is 13.1. The fraction of sp³-hybridized carbons (Fsp3) is 0.529. The van der Waals surface area contributed by atoms with Crippen LogP contribution in [-0.2, 0) is 10.3 Å². The first-order valence-electron chi connectivity index (χ1n) is 8.27. The number of nitrogens with one attached hydrogen (secondary N) is 2. The fourth-order valence-electron chi connectivity index (χ4n) is 4.18. The summed E-state index contributed by atoms with van der Waals surface area (Å²) in [5, 5.41) is 6.68. The van der Waals surface area contributed by atoms with Crippen molar-refractivity contribution in [2.24, 2.45) is 17.8 Å². The Kier molecular flexibility index (Phi) is 2.86. The van der Waals surface area contributed by atoms with E-state index in [0.29, 0.717) is 11.8 Å². The first-order chi connectivity index (χ1) is 11.2. The average Bonchev–Trinajstić information content (AvgIpc) is 3.36. The van der Waals surface area contributed by atoms with Crippen molar-refractivity contribution in [3.63, 3.8) is 0 Å². The van der Waals surface area contributed by atoms with Gasteiger partial charge < -0.3 is 15.0 Å². The van der Waals surface area contributed by atoms with Gasteiger partial charge >= 0.3 is 0 Å². The molecule has 1 saturated heterocycles. The molecule has 2 aromatic heterocycles. The van der Waals surface area contributed by atoms with Crippen LogP contribution in [0.2, 0.25) is 0 Å². The van der Waals surface area contributed by atoms with Gasteiger partial charge in [-0.3, -0.25) is 4.79 Å². The summed E-state index contributed by atoms with van der Waals surface area (Å²) in [4.78, 5) is 18.5. The van der Waals surface area contributed by atoms with Crippen LogP contribution < -0.4 is 10.6 Å². The third kappa shape index (κ3) is 1.97. The number of carbonyl (C=O) groups is 1. The first kappa shape index (κ1) is 13.9. The standard InChI is InChI=1S/C17H20N4OS/c1-23-13-3-2-6-21-12(13)9-19-16(21)17(4-5-17)20-15(22)14-10-7-18-8-11(10)14/h2-3,6,9-11,14,18H,4-5,7-8H2,1H3,(H,20,22)/t10-,11+,14+. The molecule has 5 rings (SSSR count). The fourth-order valence-corrected chi connectivity index (χ4v) is 4.75. The summed E-state index contributed by atoms with van der Waals surface area (Å²) in [6.45, 7) is 2.00. The Morgan fingerprint density at radius 3 is 2.91 bits per heavy atom. The molecule has 2 saturated carbocycles. The number of thioether (sulfide) groups is 1. The van der Waals surface area contributed by atoms with Crippen molar-refractivity contribution in [1.82, 2.24) is 20.0 Å². The minimum atomic E-state index is -0.245. The Bertz CT molecular complexity index is 787. The van der Waals surface area contributed by atoms with Gasteiger partial charge in [0.2, 0.25) is 5.91 Å². The molecule has 2 N–H and O–H groups in total. The van der Waals surface area contributed by atoms with Gasteiger partial charge in [-0.1, -0.05) is 0 Å². The number of hydrogen-bond donors (Lipinski definition) is 2. The molecular weight excluding hydrogens is 308 g/mol. The zero-order valence-corrected chi connectivity index (χ0v) is 13.9. The first-order valence-corrected chi connectivity index (χ1v) is 9.49. The molecule has 1 amide bonds. The van der Waals surface area contributed by atoms with Crippen molar-refractivity contribution in [2.75, 3.05) is 19.3 Å². The van der Waals surface area contributed by atoms with E-state index in [-0.39, 0.29) is 17.4 Å². The van der Waals surface area contributed by atoms with Crippen molar-refractivity contribution in [3.05, 3.63) is 30.4 Å². The molecule has 6 heteroatoms. The second-order valence-electron chi connectivity index (χ2n) is 7.00. The number of pyridine rings is 1. The minimum Gasteiger partial charge on any atom is -0.343 e. The Balaban J connectivity index is 1.44. The summed E-state index contributed by atoms with van der Waals surface area (Å²) < 4.78 is 2.15. The number of fused-ring (bicyclic) bond motifs is 2. The van der Waals surface area contributed by atoms with Crippen molar-refractivity contribution < 1.29 is 4.79 Å². The number of hydrogen-bond acceptors (Lipinski definition) is 4. The van der Waals surface area contributed by atoms with Gasteiger partial charge in [0.05, 0.1) is 17.3 Å². The second-order valence-corrected chi connectivity index (χ2v) is 7.84. The summed E-state index contributed by atoms with van der Waals surface area (Å²) in [5.41, 5.74) is 0.883. The number of amides is 1. The Morgan fingerprint density at radius 2 is 2.22 bits per heavy atom. The normalized spacial score (nSPS) is 30.2. The van der Waals surface area contributed by atoms with Crippen molar-refractivity contribution >= 4 is 23.2 Å². The molecule has 3 heterocycles. The maximum absolute atomic E-state index is 12.6. The summed E-state index contributed by atoms with van der Waals surface area (Å²) in [6.07, 6.45) is 8.04. The maximum Gasteiger partial charge on any atom is 0.224 e. The summed E-state index contributed by atoms with van der Waals surface area (Å²) in [5.74, 6) is 2.57. The molecule has 0 unspecified atom stereocenters. The van der Waals surface area contributed by atoms with E-state index >= 15 is 0 Å². The van der Waals surface area contributed by atoms with Crippen molar-refractivity contribution in [3.8, 4) is 0 Å². The van der Waals surface area contributed by atoms with Crippen LogP contribution in [0.25, 0.3) is 5.52 Å². The molecule has 0 radical (unpaired) electrons. The monoisotopic (exact) mass is 328 g/mol. The van der Waals surface area contributed by atoms with E-state index < -0.39 is 0 Å². The van der Waals surface area contributed by atoms with Gasteiger partial charge in [-0.2, -0.15) is 0 Å². The molecule has 5 nitrogen and oxygen atoms in total. The molecule has 0 aromatic carbocycles. The van der Waals surface area contributed by atoms with Crippen LogP contribution in [0.5, 0.6) is 0 Å². The topological polar surface area (TPSA) is 58.4 Å². The van der Waals surface area contributed by atoms with Gasteiger partial charge in [-0.05, 0) is 56.2 Å². The van der Waals surface area contributed by atoms with Gasteiger partial charge in [0.1, 0.15) is 5.82 Å². The second kappa shape index (κ2) is 4.74. The lowest BCUT2D eigenvalue weighted by Crippen LogP contribution is -2.39. The highest BCUT2D eigenvalue weighted by Crippen LogP contribution is 2.51. The van der Waals surface area contributed by atoms with Gasteiger partial charge in [-0.15, -0.1) is 11.8 Å². The maximum atomic E-state index is 12.6. The summed E-state index contributed by atoms with van der Waals surface area (Å²) in [6, 6.07) is 4.17. The lowest BCUT2D eigenvalue weighted by molar-refractivity contribution is -0.124. The Hall–Kier alpha value is -1.53. The van der Waals surface area contributed by atoms with Gasteiger partial charge in [0.15, 0.2) is 0 Å². The van der Waals surface area contributed by atoms with Crippen LogP contribution in [0.4, 0.5) is 0 Å². The number of nitrogens with zero attached hydrogens (tertiary/aromatic N) is 2. The van der Waals surface area contributed by atoms with E-state index in [1.54, 1.807) is 11.8 Å². The number of imidazole rings is 1. The molecule has 3 atom stereocenters. The van der Waals surface area contributed by atoms with E-state index in [9.17, 15) is 4.79 Å². The zero-order chi connectivity index (χ0) is 15.6. The van der Waals surface area contributed by atoms with Crippen molar-refractivity contribution in [2.45, 2.75) is 23.3 Å². The van der Waals surface area contributed by atoms with Crippen molar-refractivity contribution in [1.29, 1.82) is 0 Å². The number of aromatic nitrogens is 2. The van der Waals surface area contributed by atoms with E-state index in [1.165, 1.54) is 4.90 Å². The molecule has 0 bridgehead atoms. The van der Waals surface area contributed by atoms with E-state index in [4.69, 9.17) is 0 Å². The highest BCUT2D eigenvalue weighted by atomic mass is 32.2. The predicted molar refractivity (Wildman–Crippen MR) is 89.4 cm³/mol.